The van der Waals surface area contributed by atoms with Crippen molar-refractivity contribution >= 4 is 17.7 Å². The van der Waals surface area contributed by atoms with Gasteiger partial charge in [-0.05, 0) is 24.6 Å². The van der Waals surface area contributed by atoms with Gasteiger partial charge in [-0.25, -0.2) is 4.68 Å². The van der Waals surface area contributed by atoms with Crippen molar-refractivity contribution in [2.24, 2.45) is 7.05 Å². The van der Waals surface area contributed by atoms with E-state index in [1.165, 1.54) is 4.90 Å². The van der Waals surface area contributed by atoms with Crippen molar-refractivity contribution in [3.05, 3.63) is 47.8 Å². The molecule has 3 amide bonds. The number of imide groups is 1. The minimum Gasteiger partial charge on any atom is -0.322 e. The molecule has 2 aromatic heterocycles. The smallest absolute Gasteiger partial charge is 0.255 e. The molecule has 1 atom stereocenters. The predicted octanol–water partition coefficient (Wildman–Crippen LogP) is 0.429. The van der Waals surface area contributed by atoms with Gasteiger partial charge >= 0.3 is 0 Å². The summed E-state index contributed by atoms with van der Waals surface area (Å²) in [6.45, 7) is 0.275. The first-order chi connectivity index (χ1) is 14.0. The first-order valence-corrected chi connectivity index (χ1v) is 9.20. The number of amides is 3. The second-order valence-corrected chi connectivity index (χ2v) is 7.09. The zero-order valence-corrected chi connectivity index (χ0v) is 15.6. The summed E-state index contributed by atoms with van der Waals surface area (Å²) in [5.41, 5.74) is 3.53. The molecule has 1 unspecified atom stereocenters. The predicted molar refractivity (Wildman–Crippen MR) is 99.6 cm³/mol. The van der Waals surface area contributed by atoms with Crippen LogP contribution in [0.1, 0.15) is 28.8 Å². The summed E-state index contributed by atoms with van der Waals surface area (Å²) in [5.74, 6) is -0.951. The highest BCUT2D eigenvalue weighted by Crippen LogP contribution is 2.31. The van der Waals surface area contributed by atoms with Gasteiger partial charge in [0.25, 0.3) is 5.91 Å². The highest BCUT2D eigenvalue weighted by Gasteiger charge is 2.40. The SMILES string of the molecule is Cn1nccc1-c1cn(-c2cccc3c2CN(C2CCC(=O)NC2=O)C3=O)nn1. The number of aryl methyl sites for hydroxylation is 1. The van der Waals surface area contributed by atoms with Crippen LogP contribution < -0.4 is 5.32 Å². The molecule has 2 aliphatic rings. The maximum atomic E-state index is 12.9. The lowest BCUT2D eigenvalue weighted by molar-refractivity contribution is -0.136. The molecule has 1 N–H and O–H groups in total. The largest absolute Gasteiger partial charge is 0.322 e. The van der Waals surface area contributed by atoms with Crippen LogP contribution in [0.3, 0.4) is 0 Å². The third-order valence-electron chi connectivity index (χ3n) is 5.38. The van der Waals surface area contributed by atoms with Gasteiger partial charge in [0.15, 0.2) is 0 Å². The van der Waals surface area contributed by atoms with E-state index in [4.69, 9.17) is 0 Å². The molecule has 1 fully saturated rings. The molecule has 0 spiro atoms. The van der Waals surface area contributed by atoms with Gasteiger partial charge in [-0.1, -0.05) is 11.3 Å². The Morgan fingerprint density at radius 3 is 2.79 bits per heavy atom. The molecule has 29 heavy (non-hydrogen) atoms. The van der Waals surface area contributed by atoms with E-state index < -0.39 is 11.9 Å². The lowest BCUT2D eigenvalue weighted by Gasteiger charge is -2.29. The first kappa shape index (κ1) is 17.3. The summed E-state index contributed by atoms with van der Waals surface area (Å²) >= 11 is 0. The van der Waals surface area contributed by atoms with E-state index in [0.717, 1.165) is 16.9 Å². The fraction of sp³-hybridized carbons (Fsp3) is 0.263. The van der Waals surface area contributed by atoms with Gasteiger partial charge in [-0.3, -0.25) is 24.4 Å². The van der Waals surface area contributed by atoms with Crippen LogP contribution in [0.4, 0.5) is 0 Å². The minimum atomic E-state index is -0.652. The van der Waals surface area contributed by atoms with Crippen LogP contribution in [0.25, 0.3) is 17.1 Å². The number of piperidine rings is 1. The van der Waals surface area contributed by atoms with Crippen LogP contribution >= 0.6 is 0 Å². The van der Waals surface area contributed by atoms with Gasteiger partial charge in [-0.15, -0.1) is 5.10 Å². The standard InChI is InChI=1S/C19H17N7O3/c1-24-15(7-8-20-24)13-10-26(23-22-13)14-4-2-3-11-12(14)9-25(19(11)29)16-5-6-17(27)21-18(16)28/h2-4,7-8,10,16H,5-6,9H2,1H3,(H,21,27,28). The van der Waals surface area contributed by atoms with E-state index in [0.29, 0.717) is 17.7 Å². The van der Waals surface area contributed by atoms with E-state index in [-0.39, 0.29) is 24.8 Å². The lowest BCUT2D eigenvalue weighted by Crippen LogP contribution is -2.52. The van der Waals surface area contributed by atoms with Crippen molar-refractivity contribution in [3.8, 4) is 17.1 Å². The summed E-state index contributed by atoms with van der Waals surface area (Å²) in [6, 6.07) is 6.58. The maximum absolute atomic E-state index is 12.9. The molecule has 2 aliphatic heterocycles. The maximum Gasteiger partial charge on any atom is 0.255 e. The second kappa shape index (κ2) is 6.36. The van der Waals surface area contributed by atoms with E-state index in [1.54, 1.807) is 33.9 Å². The molecule has 146 valence electrons. The molecule has 0 radical (unpaired) electrons. The molecule has 1 aromatic carbocycles. The van der Waals surface area contributed by atoms with Crippen LogP contribution in [-0.4, -0.2) is 53.4 Å². The third kappa shape index (κ3) is 2.72. The molecule has 0 aliphatic carbocycles. The van der Waals surface area contributed by atoms with Gasteiger partial charge in [0.1, 0.15) is 11.7 Å². The van der Waals surface area contributed by atoms with Gasteiger partial charge in [0.05, 0.1) is 17.6 Å². The van der Waals surface area contributed by atoms with Gasteiger partial charge in [-0.2, -0.15) is 5.10 Å². The zero-order valence-electron chi connectivity index (χ0n) is 15.6. The molecular formula is C19H17N7O3. The summed E-state index contributed by atoms with van der Waals surface area (Å²) in [5, 5.41) is 14.9. The van der Waals surface area contributed by atoms with Crippen LogP contribution in [-0.2, 0) is 23.2 Å². The van der Waals surface area contributed by atoms with Crippen molar-refractivity contribution < 1.29 is 14.4 Å². The number of aromatic nitrogens is 5. The monoisotopic (exact) mass is 391 g/mol. The molecule has 10 heteroatoms. The average Bonchev–Trinajstić information content (AvgIpc) is 3.41. The number of hydrogen-bond donors (Lipinski definition) is 1. The topological polar surface area (TPSA) is 115 Å². The molecule has 1 saturated heterocycles. The van der Waals surface area contributed by atoms with Crippen LogP contribution in [0.2, 0.25) is 0 Å². The quantitative estimate of drug-likeness (QED) is 0.648. The summed E-state index contributed by atoms with van der Waals surface area (Å²) < 4.78 is 3.33. The van der Waals surface area contributed by atoms with Crippen molar-refractivity contribution in [1.29, 1.82) is 0 Å². The number of nitrogens with one attached hydrogen (secondary N) is 1. The number of hydrogen-bond acceptors (Lipinski definition) is 6. The average molecular weight is 391 g/mol. The van der Waals surface area contributed by atoms with Gasteiger partial charge in [0, 0.05) is 37.3 Å². The number of carbonyl (C=O) groups is 3. The molecule has 0 bridgehead atoms. The highest BCUT2D eigenvalue weighted by molar-refractivity contribution is 6.05. The Hall–Kier alpha value is -3.82. The Kier molecular flexibility index (Phi) is 3.79. The Morgan fingerprint density at radius 2 is 2.03 bits per heavy atom. The first-order valence-electron chi connectivity index (χ1n) is 9.20. The van der Waals surface area contributed by atoms with Crippen molar-refractivity contribution in [2.45, 2.75) is 25.4 Å². The van der Waals surface area contributed by atoms with Gasteiger partial charge in [0.2, 0.25) is 11.8 Å². The van der Waals surface area contributed by atoms with Gasteiger partial charge < -0.3 is 4.90 Å². The van der Waals surface area contributed by atoms with Crippen molar-refractivity contribution in [1.82, 2.24) is 35.0 Å². The lowest BCUT2D eigenvalue weighted by atomic mass is 10.0. The number of carbonyl (C=O) groups excluding carboxylic acids is 3. The van der Waals surface area contributed by atoms with Crippen LogP contribution in [0.15, 0.2) is 36.7 Å². The normalized spacial score (nSPS) is 18.9. The number of benzene rings is 1. The molecule has 0 saturated carbocycles. The highest BCUT2D eigenvalue weighted by atomic mass is 16.2. The van der Waals surface area contributed by atoms with Crippen molar-refractivity contribution in [3.63, 3.8) is 0 Å². The van der Waals surface area contributed by atoms with Crippen molar-refractivity contribution in [2.75, 3.05) is 0 Å². The second-order valence-electron chi connectivity index (χ2n) is 7.09. The van der Waals surface area contributed by atoms with Crippen LogP contribution in [0, 0.1) is 0 Å². The fourth-order valence-corrected chi connectivity index (χ4v) is 3.91. The molecule has 4 heterocycles. The molecule has 5 rings (SSSR count). The van der Waals surface area contributed by atoms with E-state index in [2.05, 4.69) is 20.7 Å². The minimum absolute atomic E-state index is 0.219. The molecular weight excluding hydrogens is 374 g/mol. The fourth-order valence-electron chi connectivity index (χ4n) is 3.91. The number of rotatable bonds is 3. The number of nitrogens with zero attached hydrogens (tertiary/aromatic N) is 6. The Morgan fingerprint density at radius 1 is 1.17 bits per heavy atom. The Labute approximate surface area is 165 Å². The molecule has 3 aromatic rings. The third-order valence-corrected chi connectivity index (χ3v) is 5.38. The summed E-state index contributed by atoms with van der Waals surface area (Å²) in [4.78, 5) is 38.2. The van der Waals surface area contributed by atoms with E-state index in [9.17, 15) is 14.4 Å². The van der Waals surface area contributed by atoms with E-state index in [1.807, 2.05) is 19.2 Å². The Bertz CT molecular complexity index is 1160. The number of fused-ring (bicyclic) bond motifs is 1. The van der Waals surface area contributed by atoms with Crippen LogP contribution in [0.5, 0.6) is 0 Å². The molecule has 10 nitrogen and oxygen atoms in total. The summed E-state index contributed by atoms with van der Waals surface area (Å²) in [6.07, 6.45) is 4.02. The van der Waals surface area contributed by atoms with E-state index >= 15 is 0 Å². The Balaban J connectivity index is 1.49. The zero-order chi connectivity index (χ0) is 20.1. The summed E-state index contributed by atoms with van der Waals surface area (Å²) in [7, 11) is 1.82.